The number of nitrogens with one attached hydrogen (secondary N) is 2. The minimum Gasteiger partial charge on any atom is -0.493 e. The minimum absolute atomic E-state index is 0.00383. The van der Waals surface area contributed by atoms with E-state index >= 15 is 0 Å². The van der Waals surface area contributed by atoms with Crippen molar-refractivity contribution in [2.24, 2.45) is 5.10 Å². The lowest BCUT2D eigenvalue weighted by molar-refractivity contribution is -0.124. The second-order valence-corrected chi connectivity index (χ2v) is 7.92. The summed E-state index contributed by atoms with van der Waals surface area (Å²) < 4.78 is 16.0. The molecule has 1 aliphatic rings. The van der Waals surface area contributed by atoms with Crippen LogP contribution in [0.15, 0.2) is 47.6 Å². The number of hydrogen-bond acceptors (Lipinski definition) is 6. The summed E-state index contributed by atoms with van der Waals surface area (Å²) in [5, 5.41) is 7.03. The van der Waals surface area contributed by atoms with Crippen LogP contribution in [0.2, 0.25) is 0 Å². The van der Waals surface area contributed by atoms with Crippen molar-refractivity contribution in [3.8, 4) is 17.2 Å². The van der Waals surface area contributed by atoms with Crippen molar-refractivity contribution in [1.29, 1.82) is 0 Å². The highest BCUT2D eigenvalue weighted by Gasteiger charge is 2.15. The van der Waals surface area contributed by atoms with Gasteiger partial charge in [-0.1, -0.05) is 25.3 Å². The largest absolute Gasteiger partial charge is 0.493 e. The van der Waals surface area contributed by atoms with Gasteiger partial charge in [0.15, 0.2) is 18.1 Å². The summed E-state index contributed by atoms with van der Waals surface area (Å²) in [5.41, 5.74) is 4.09. The van der Waals surface area contributed by atoms with Gasteiger partial charge in [0, 0.05) is 6.04 Å². The molecule has 33 heavy (non-hydrogen) atoms. The van der Waals surface area contributed by atoms with Gasteiger partial charge in [0.25, 0.3) is 5.91 Å². The lowest BCUT2D eigenvalue weighted by atomic mass is 9.95. The van der Waals surface area contributed by atoms with Gasteiger partial charge in [-0.2, -0.15) is 5.10 Å². The van der Waals surface area contributed by atoms with Crippen molar-refractivity contribution < 1.29 is 23.8 Å². The minimum atomic E-state index is -0.248. The van der Waals surface area contributed by atoms with Crippen molar-refractivity contribution in [2.45, 2.75) is 44.6 Å². The first kappa shape index (κ1) is 24.1. The molecule has 176 valence electrons. The fraction of sp³-hybridized carbons (Fsp3) is 0.400. The molecule has 1 aliphatic carbocycles. The number of rotatable bonds is 10. The maximum Gasteiger partial charge on any atom is 0.258 e. The summed E-state index contributed by atoms with van der Waals surface area (Å²) in [7, 11) is 3.11. The van der Waals surface area contributed by atoms with Crippen molar-refractivity contribution >= 4 is 18.0 Å². The topological polar surface area (TPSA) is 98.3 Å². The van der Waals surface area contributed by atoms with E-state index in [0.29, 0.717) is 17.2 Å². The maximum absolute atomic E-state index is 12.1. The molecule has 0 radical (unpaired) electrons. The Hall–Kier alpha value is -3.55. The van der Waals surface area contributed by atoms with Gasteiger partial charge in [-0.25, -0.2) is 5.43 Å². The molecule has 2 aromatic rings. The van der Waals surface area contributed by atoms with Crippen molar-refractivity contribution in [1.82, 2.24) is 10.7 Å². The third-order valence-electron chi connectivity index (χ3n) is 5.44. The molecule has 0 atom stereocenters. The predicted octanol–water partition coefficient (Wildman–Crippen LogP) is 3.22. The smallest absolute Gasteiger partial charge is 0.258 e. The molecule has 2 aromatic carbocycles. The van der Waals surface area contributed by atoms with Crippen LogP contribution >= 0.6 is 0 Å². The SMILES string of the molecule is COc1ccc(CC(=O)N/N=C\c2ccc(OCC(=O)NC3CCCCC3)cc2)cc1OC. The summed E-state index contributed by atoms with van der Waals surface area (Å²) in [6, 6.07) is 12.7. The third kappa shape index (κ3) is 7.82. The van der Waals surface area contributed by atoms with E-state index in [-0.39, 0.29) is 30.9 Å². The number of ether oxygens (including phenoxy) is 3. The fourth-order valence-electron chi connectivity index (χ4n) is 3.71. The summed E-state index contributed by atoms with van der Waals surface area (Å²) >= 11 is 0. The quantitative estimate of drug-likeness (QED) is 0.425. The molecule has 0 heterocycles. The fourth-order valence-corrected chi connectivity index (χ4v) is 3.71. The molecule has 8 nitrogen and oxygen atoms in total. The monoisotopic (exact) mass is 453 g/mol. The van der Waals surface area contributed by atoms with E-state index in [1.807, 2.05) is 0 Å². The van der Waals surface area contributed by atoms with Gasteiger partial charge in [-0.05, 0) is 60.4 Å². The van der Waals surface area contributed by atoms with Gasteiger partial charge in [0.05, 0.1) is 26.9 Å². The Bertz CT molecular complexity index is 953. The first-order valence-electron chi connectivity index (χ1n) is 11.1. The van der Waals surface area contributed by atoms with Gasteiger partial charge in [-0.15, -0.1) is 0 Å². The maximum atomic E-state index is 12.1. The Kier molecular flexibility index (Phi) is 9.11. The van der Waals surface area contributed by atoms with E-state index in [2.05, 4.69) is 15.8 Å². The van der Waals surface area contributed by atoms with Crippen molar-refractivity contribution in [2.75, 3.05) is 20.8 Å². The molecule has 3 rings (SSSR count). The highest BCUT2D eigenvalue weighted by molar-refractivity contribution is 5.83. The van der Waals surface area contributed by atoms with Crippen LogP contribution in [0.25, 0.3) is 0 Å². The van der Waals surface area contributed by atoms with Crippen LogP contribution in [0.4, 0.5) is 0 Å². The van der Waals surface area contributed by atoms with Crippen LogP contribution < -0.4 is 25.0 Å². The summed E-state index contributed by atoms with van der Waals surface area (Å²) in [4.78, 5) is 24.2. The Morgan fingerprint density at radius 3 is 2.39 bits per heavy atom. The van der Waals surface area contributed by atoms with Crippen LogP contribution in [-0.2, 0) is 16.0 Å². The number of carbonyl (C=O) groups is 2. The zero-order valence-electron chi connectivity index (χ0n) is 19.1. The van der Waals surface area contributed by atoms with Crippen LogP contribution in [0.5, 0.6) is 17.2 Å². The van der Waals surface area contributed by atoms with Crippen LogP contribution in [0.3, 0.4) is 0 Å². The zero-order chi connectivity index (χ0) is 23.5. The molecule has 1 saturated carbocycles. The number of carbonyl (C=O) groups excluding carboxylic acids is 2. The molecule has 0 bridgehead atoms. The highest BCUT2D eigenvalue weighted by atomic mass is 16.5. The summed E-state index contributed by atoms with van der Waals surface area (Å²) in [6.07, 6.45) is 7.39. The Balaban J connectivity index is 1.41. The van der Waals surface area contributed by atoms with E-state index in [0.717, 1.165) is 24.0 Å². The number of amides is 2. The van der Waals surface area contributed by atoms with E-state index in [4.69, 9.17) is 14.2 Å². The molecular weight excluding hydrogens is 422 g/mol. The Morgan fingerprint density at radius 1 is 0.970 bits per heavy atom. The third-order valence-corrected chi connectivity index (χ3v) is 5.44. The van der Waals surface area contributed by atoms with Gasteiger partial charge in [0.1, 0.15) is 5.75 Å². The first-order valence-corrected chi connectivity index (χ1v) is 11.1. The van der Waals surface area contributed by atoms with Gasteiger partial charge >= 0.3 is 0 Å². The predicted molar refractivity (Wildman–Crippen MR) is 126 cm³/mol. The molecule has 1 fully saturated rings. The molecule has 0 aromatic heterocycles. The molecule has 0 spiro atoms. The van der Waals surface area contributed by atoms with Crippen LogP contribution in [0.1, 0.15) is 43.2 Å². The Morgan fingerprint density at radius 2 is 1.70 bits per heavy atom. The Labute approximate surface area is 194 Å². The van der Waals surface area contributed by atoms with Gasteiger partial charge < -0.3 is 19.5 Å². The van der Waals surface area contributed by atoms with Crippen molar-refractivity contribution in [3.63, 3.8) is 0 Å². The normalized spacial score (nSPS) is 14.0. The zero-order valence-corrected chi connectivity index (χ0v) is 19.1. The average molecular weight is 454 g/mol. The van der Waals surface area contributed by atoms with Gasteiger partial charge in [-0.3, -0.25) is 9.59 Å². The van der Waals surface area contributed by atoms with E-state index in [1.165, 1.54) is 19.3 Å². The molecule has 0 aliphatic heterocycles. The first-order chi connectivity index (χ1) is 16.1. The molecule has 0 unspecified atom stereocenters. The molecular formula is C25H31N3O5. The second-order valence-electron chi connectivity index (χ2n) is 7.92. The van der Waals surface area contributed by atoms with Crippen LogP contribution in [0, 0.1) is 0 Å². The molecule has 2 amide bonds. The number of hydrazone groups is 1. The average Bonchev–Trinajstić information content (AvgIpc) is 2.84. The summed E-state index contributed by atoms with van der Waals surface area (Å²) in [5.74, 6) is 1.44. The van der Waals surface area contributed by atoms with Gasteiger partial charge in [0.2, 0.25) is 5.91 Å². The number of hydrogen-bond donors (Lipinski definition) is 2. The van der Waals surface area contributed by atoms with E-state index in [9.17, 15) is 9.59 Å². The molecule has 8 heteroatoms. The lowest BCUT2D eigenvalue weighted by Crippen LogP contribution is -2.38. The molecule has 2 N–H and O–H groups in total. The highest BCUT2D eigenvalue weighted by Crippen LogP contribution is 2.27. The lowest BCUT2D eigenvalue weighted by Gasteiger charge is -2.22. The molecule has 0 saturated heterocycles. The number of methoxy groups -OCH3 is 2. The summed E-state index contributed by atoms with van der Waals surface area (Å²) in [6.45, 7) is -0.00383. The second kappa shape index (κ2) is 12.5. The van der Waals surface area contributed by atoms with Crippen molar-refractivity contribution in [3.05, 3.63) is 53.6 Å². The number of benzene rings is 2. The van der Waals surface area contributed by atoms with Crippen LogP contribution in [-0.4, -0.2) is 44.9 Å². The van der Waals surface area contributed by atoms with E-state index in [1.54, 1.807) is 62.9 Å². The standard InChI is InChI=1S/C25H31N3O5/c1-31-22-13-10-19(14-23(22)32-2)15-24(29)28-26-16-18-8-11-21(12-9-18)33-17-25(30)27-20-6-4-3-5-7-20/h8-14,16,20H,3-7,15,17H2,1-2H3,(H,27,30)(H,28,29)/b26-16-. The number of nitrogens with zero attached hydrogens (tertiary/aromatic N) is 1. The van der Waals surface area contributed by atoms with E-state index < -0.39 is 0 Å².